The molecule has 4 aromatic rings. The van der Waals surface area contributed by atoms with E-state index in [1.807, 2.05) is 44.2 Å². The summed E-state index contributed by atoms with van der Waals surface area (Å²) in [5.74, 6) is 0.774. The van der Waals surface area contributed by atoms with Gasteiger partial charge in [-0.1, -0.05) is 18.2 Å². The summed E-state index contributed by atoms with van der Waals surface area (Å²) < 4.78 is 2.69. The van der Waals surface area contributed by atoms with Gasteiger partial charge in [-0.25, -0.2) is 5.26 Å². The predicted molar refractivity (Wildman–Crippen MR) is 113 cm³/mol. The van der Waals surface area contributed by atoms with Crippen LogP contribution >= 0.6 is 0 Å². The van der Waals surface area contributed by atoms with E-state index in [4.69, 9.17) is 17.1 Å². The minimum absolute atomic E-state index is 0. The Morgan fingerprint density at radius 2 is 1.35 bits per heavy atom. The molecular weight excluding hydrogens is 611 g/mol. The molecule has 0 N–H and O–H groups in total. The number of aromatic nitrogens is 6. The van der Waals surface area contributed by atoms with Crippen LogP contribution in [-0.4, -0.2) is 29.1 Å². The van der Waals surface area contributed by atoms with Gasteiger partial charge in [0.05, 0.1) is 23.8 Å². The van der Waals surface area contributed by atoms with Crippen molar-refractivity contribution in [2.45, 2.75) is 19.3 Å². The van der Waals surface area contributed by atoms with Crippen molar-refractivity contribution in [3.63, 3.8) is 0 Å². The second-order valence-electron chi connectivity index (χ2n) is 7.27. The summed E-state index contributed by atoms with van der Waals surface area (Å²) in [6.45, 7) is 11.2. The summed E-state index contributed by atoms with van der Waals surface area (Å²) in [4.78, 5) is 20.5. The first-order valence-corrected chi connectivity index (χ1v) is 9.49. The van der Waals surface area contributed by atoms with Gasteiger partial charge in [0, 0.05) is 28.9 Å². The maximum Gasteiger partial charge on any atom is 2.00 e. The average molecular weight is 623 g/mol. The van der Waals surface area contributed by atoms with Gasteiger partial charge >= 0.3 is 27.0 Å². The van der Waals surface area contributed by atoms with E-state index in [0.29, 0.717) is 23.0 Å². The largest absolute Gasteiger partial charge is 2.00 e. The molecule has 0 spiro atoms. The molecule has 0 bridgehead atoms. The van der Waals surface area contributed by atoms with Gasteiger partial charge in [0.15, 0.2) is 5.69 Å². The molecule has 0 atom stereocenters. The summed E-state index contributed by atoms with van der Waals surface area (Å²) in [6.07, 6.45) is 5.49. The van der Waals surface area contributed by atoms with Crippen LogP contribution in [0.2, 0.25) is 0 Å². The van der Waals surface area contributed by atoms with E-state index in [2.05, 4.69) is 37.2 Å². The number of nitriles is 3. The molecule has 0 amide bonds. The fourth-order valence-electron chi connectivity index (χ4n) is 3.17. The molecule has 0 aliphatic heterocycles. The maximum absolute atomic E-state index is 9.34. The fraction of sp³-hybridized carbons (Fsp3) is 0.130. The van der Waals surface area contributed by atoms with Gasteiger partial charge in [-0.15, -0.1) is 11.6 Å². The van der Waals surface area contributed by atoms with E-state index in [1.165, 1.54) is 9.13 Å². The molecule has 4 aromatic heterocycles. The zero-order chi connectivity index (χ0) is 23.6. The van der Waals surface area contributed by atoms with Gasteiger partial charge in [0.2, 0.25) is 0 Å². The first-order chi connectivity index (χ1) is 15.9. The minimum atomic E-state index is -0.686. The van der Waals surface area contributed by atoms with E-state index in [9.17, 15) is 5.26 Å². The molecule has 0 aliphatic rings. The zero-order valence-corrected chi connectivity index (χ0v) is 20.0. The summed E-state index contributed by atoms with van der Waals surface area (Å²) in [7, 11) is 0. The number of rotatable bonds is 4. The normalized spacial score (nSPS) is 10.3. The van der Waals surface area contributed by atoms with Crippen molar-refractivity contribution in [2.24, 2.45) is 0 Å². The fourth-order valence-corrected chi connectivity index (χ4v) is 3.17. The molecule has 34 heavy (non-hydrogen) atoms. The Morgan fingerprint density at radius 1 is 0.824 bits per heavy atom. The van der Waals surface area contributed by atoms with Gasteiger partial charge in [0.1, 0.15) is 11.6 Å². The zero-order valence-electron chi connectivity index (χ0n) is 17.8. The molecule has 0 unspecified atom stereocenters. The molecule has 4 heterocycles. The molecule has 10 nitrogen and oxygen atoms in total. The van der Waals surface area contributed by atoms with Crippen molar-refractivity contribution >= 4 is 5.95 Å². The summed E-state index contributed by atoms with van der Waals surface area (Å²) in [5, 5.41) is 27.5. The minimum Gasteiger partial charge on any atom is -0.395 e. The number of hydrogen-bond donors (Lipinski definition) is 0. The van der Waals surface area contributed by atoms with Crippen molar-refractivity contribution in [3.05, 3.63) is 88.8 Å². The Labute approximate surface area is 209 Å². The Hall–Kier alpha value is -4.63. The van der Waals surface area contributed by atoms with Crippen LogP contribution < -0.4 is 0 Å². The summed E-state index contributed by atoms with van der Waals surface area (Å²) in [5.41, 5.74) is 0.606. The third kappa shape index (κ3) is 4.19. The molecule has 0 fully saturated rings. The van der Waals surface area contributed by atoms with E-state index in [-0.39, 0.29) is 44.2 Å². The predicted octanol–water partition coefficient (Wildman–Crippen LogP) is 2.94. The van der Waals surface area contributed by atoms with Crippen molar-refractivity contribution in [3.8, 4) is 29.8 Å². The second-order valence-corrected chi connectivity index (χ2v) is 7.27. The van der Waals surface area contributed by atoms with Gasteiger partial charge < -0.3 is 9.41 Å². The Kier molecular flexibility index (Phi) is 6.69. The van der Waals surface area contributed by atoms with Gasteiger partial charge in [-0.3, -0.25) is 30.0 Å². The molecule has 0 aromatic carbocycles. The Balaban J connectivity index is 0.00000324. The summed E-state index contributed by atoms with van der Waals surface area (Å²) in [6, 6.07) is 16.3. The van der Waals surface area contributed by atoms with Crippen LogP contribution in [0.25, 0.3) is 16.5 Å². The molecule has 0 aliphatic carbocycles. The van der Waals surface area contributed by atoms with Crippen LogP contribution in [0.5, 0.6) is 0 Å². The summed E-state index contributed by atoms with van der Waals surface area (Å²) >= 11 is 0. The van der Waals surface area contributed by atoms with E-state index >= 15 is 0 Å². The number of nitrogens with zero attached hydrogens (tertiary/aromatic N) is 10. The molecule has 0 radical (unpaired) electrons. The van der Waals surface area contributed by atoms with E-state index < -0.39 is 5.41 Å². The van der Waals surface area contributed by atoms with Crippen LogP contribution in [0, 0.1) is 53.0 Å². The molecular formula is C23H12N10Pt. The molecule has 164 valence electrons. The van der Waals surface area contributed by atoms with Crippen molar-refractivity contribution < 1.29 is 21.1 Å². The first kappa shape index (κ1) is 24.0. The van der Waals surface area contributed by atoms with Gasteiger partial charge in [-0.2, -0.15) is 0 Å². The van der Waals surface area contributed by atoms with Crippen LogP contribution in [0.15, 0.2) is 36.4 Å². The van der Waals surface area contributed by atoms with Gasteiger partial charge in [-0.05, 0) is 38.2 Å². The molecule has 11 heteroatoms. The third-order valence-electron chi connectivity index (χ3n) is 4.90. The number of pyridine rings is 2. The van der Waals surface area contributed by atoms with Crippen molar-refractivity contribution in [1.29, 1.82) is 15.8 Å². The second kappa shape index (κ2) is 9.47. The number of imidazole rings is 2. The molecule has 0 saturated carbocycles. The average Bonchev–Trinajstić information content (AvgIpc) is 3.48. The molecule has 0 saturated heterocycles. The topological polar surface area (TPSA) is 137 Å². The monoisotopic (exact) mass is 623 g/mol. The van der Waals surface area contributed by atoms with Crippen LogP contribution in [-0.2, 0) is 26.5 Å². The van der Waals surface area contributed by atoms with Crippen molar-refractivity contribution in [1.82, 2.24) is 29.1 Å². The van der Waals surface area contributed by atoms with Crippen LogP contribution in [0.3, 0.4) is 0 Å². The standard InChI is InChI=1S/C23H12N10.Pt/c1-23(2,17-6-4-8-19(30-17)32-13-15(10-24)28-21(32)12-26)18-7-5-9-20(31-18)33-14-16(11-25)29-22(33)27-3;/h4-9H,1-2H3;/q-2;+2. The quantitative estimate of drug-likeness (QED) is 0.319. The number of hydrogen-bond acceptors (Lipinski definition) is 7. The van der Waals surface area contributed by atoms with E-state index in [1.54, 1.807) is 24.3 Å². The third-order valence-corrected chi connectivity index (χ3v) is 4.90. The van der Waals surface area contributed by atoms with Crippen molar-refractivity contribution in [2.75, 3.05) is 0 Å². The maximum atomic E-state index is 9.34. The van der Waals surface area contributed by atoms with Crippen LogP contribution in [0.1, 0.15) is 42.4 Å². The van der Waals surface area contributed by atoms with Gasteiger partial charge in [0.25, 0.3) is 0 Å². The van der Waals surface area contributed by atoms with Crippen LogP contribution in [0.4, 0.5) is 5.95 Å². The first-order valence-electron chi connectivity index (χ1n) is 9.49. The Bertz CT molecular complexity index is 1430. The molecule has 4 rings (SSSR count). The SMILES string of the molecule is [C-]#[N+]c1nc(C#N)[c-]n1-c1cccc(C(C)(C)c2cccc(-n3[c-]c(C#N)nc3C#N)n2)n1.[Pt+2]. The van der Waals surface area contributed by atoms with E-state index in [0.717, 1.165) is 0 Å². The Morgan fingerprint density at radius 3 is 1.88 bits per heavy atom. The smallest absolute Gasteiger partial charge is 0.395 e.